The van der Waals surface area contributed by atoms with Crippen molar-refractivity contribution in [3.63, 3.8) is 0 Å². The summed E-state index contributed by atoms with van der Waals surface area (Å²) in [6, 6.07) is 0. The van der Waals surface area contributed by atoms with E-state index in [1.165, 1.54) is 11.3 Å². The molecule has 1 saturated heterocycles. The zero-order valence-corrected chi connectivity index (χ0v) is 10.2. The quantitative estimate of drug-likeness (QED) is 0.873. The normalized spacial score (nSPS) is 24.6. The maximum absolute atomic E-state index is 11.8. The third kappa shape index (κ3) is 2.56. The van der Waals surface area contributed by atoms with Crippen molar-refractivity contribution < 1.29 is 9.53 Å². The van der Waals surface area contributed by atoms with Crippen molar-refractivity contribution in [1.82, 2.24) is 10.2 Å². The predicted molar refractivity (Wildman–Crippen MR) is 61.5 cm³/mol. The second kappa shape index (κ2) is 4.88. The number of aromatic nitrogens is 2. The number of aryl methyl sites for hydroxylation is 1. The number of nitrogens with zero attached hydrogens (tertiary/aromatic N) is 2. The first-order valence-electron chi connectivity index (χ1n) is 5.47. The topological polar surface area (TPSA) is 64.1 Å². The number of amides is 1. The number of carbonyl (C=O) groups excluding carboxylic acids is 1. The lowest BCUT2D eigenvalue weighted by atomic mass is 10.2. The lowest BCUT2D eigenvalue weighted by Crippen LogP contribution is -2.27. The van der Waals surface area contributed by atoms with Crippen LogP contribution in [0.4, 0.5) is 5.13 Å². The first kappa shape index (κ1) is 11.5. The molecule has 1 N–H and O–H groups in total. The van der Waals surface area contributed by atoms with Crippen LogP contribution < -0.4 is 5.32 Å². The highest BCUT2D eigenvalue weighted by atomic mass is 32.1. The fourth-order valence-corrected chi connectivity index (χ4v) is 2.31. The molecule has 5 nitrogen and oxygen atoms in total. The molecule has 1 aliphatic rings. The smallest absolute Gasteiger partial charge is 0.255 e. The van der Waals surface area contributed by atoms with Crippen LogP contribution in [-0.2, 0) is 16.0 Å². The summed E-state index contributed by atoms with van der Waals surface area (Å²) in [4.78, 5) is 11.8. The van der Waals surface area contributed by atoms with Crippen molar-refractivity contribution in [2.24, 2.45) is 0 Å². The zero-order valence-electron chi connectivity index (χ0n) is 9.40. The predicted octanol–water partition coefficient (Wildman–Crippen LogP) is 1.61. The molecule has 0 unspecified atom stereocenters. The van der Waals surface area contributed by atoms with Gasteiger partial charge in [0.15, 0.2) is 0 Å². The minimum absolute atomic E-state index is 0.108. The van der Waals surface area contributed by atoms with Gasteiger partial charge in [-0.05, 0) is 26.2 Å². The van der Waals surface area contributed by atoms with E-state index in [9.17, 15) is 4.79 Å². The molecule has 0 bridgehead atoms. The van der Waals surface area contributed by atoms with Gasteiger partial charge < -0.3 is 4.74 Å². The molecule has 2 heterocycles. The Labute approximate surface area is 98.2 Å². The Kier molecular flexibility index (Phi) is 3.50. The third-order valence-electron chi connectivity index (χ3n) is 2.52. The van der Waals surface area contributed by atoms with Crippen LogP contribution in [0.2, 0.25) is 0 Å². The highest BCUT2D eigenvalue weighted by Crippen LogP contribution is 2.21. The average Bonchev–Trinajstić information content (AvgIpc) is 2.87. The third-order valence-corrected chi connectivity index (χ3v) is 3.51. The van der Waals surface area contributed by atoms with Crippen molar-refractivity contribution in [3.05, 3.63) is 5.01 Å². The molecule has 6 heteroatoms. The van der Waals surface area contributed by atoms with Crippen LogP contribution in [0.1, 0.15) is 31.7 Å². The molecule has 88 valence electrons. The number of nitrogens with one attached hydrogen (secondary N) is 1. The van der Waals surface area contributed by atoms with Gasteiger partial charge >= 0.3 is 0 Å². The molecule has 1 amide bonds. The van der Waals surface area contributed by atoms with Crippen LogP contribution in [0.25, 0.3) is 0 Å². The Morgan fingerprint density at radius 3 is 2.94 bits per heavy atom. The van der Waals surface area contributed by atoms with Gasteiger partial charge in [0.25, 0.3) is 5.91 Å². The van der Waals surface area contributed by atoms with Gasteiger partial charge in [0.2, 0.25) is 5.13 Å². The van der Waals surface area contributed by atoms with E-state index in [1.807, 2.05) is 13.8 Å². The second-order valence-corrected chi connectivity index (χ2v) is 4.92. The number of rotatable bonds is 3. The van der Waals surface area contributed by atoms with E-state index in [0.717, 1.165) is 24.3 Å². The fraction of sp³-hybridized carbons (Fsp3) is 0.700. The summed E-state index contributed by atoms with van der Waals surface area (Å²) >= 11 is 1.41. The van der Waals surface area contributed by atoms with E-state index in [4.69, 9.17) is 4.74 Å². The summed E-state index contributed by atoms with van der Waals surface area (Å²) in [6.07, 6.45) is 2.41. The molecule has 1 fully saturated rings. The second-order valence-electron chi connectivity index (χ2n) is 3.86. The monoisotopic (exact) mass is 241 g/mol. The number of carbonyl (C=O) groups is 1. The van der Waals surface area contributed by atoms with E-state index >= 15 is 0 Å². The number of ether oxygens (including phenoxy) is 1. The van der Waals surface area contributed by atoms with Crippen molar-refractivity contribution in [2.45, 2.75) is 45.3 Å². The van der Waals surface area contributed by atoms with E-state index < -0.39 is 0 Å². The summed E-state index contributed by atoms with van der Waals surface area (Å²) in [6.45, 7) is 3.99. The van der Waals surface area contributed by atoms with Gasteiger partial charge in [-0.1, -0.05) is 18.3 Å². The Balaban J connectivity index is 1.91. The highest BCUT2D eigenvalue weighted by molar-refractivity contribution is 7.15. The summed E-state index contributed by atoms with van der Waals surface area (Å²) in [5, 5.41) is 12.1. The van der Waals surface area contributed by atoms with E-state index in [1.54, 1.807) is 0 Å². The summed E-state index contributed by atoms with van der Waals surface area (Å²) in [5.74, 6) is -0.108. The molecule has 2 rings (SSSR count). The van der Waals surface area contributed by atoms with Gasteiger partial charge in [-0.25, -0.2) is 0 Å². The molecule has 1 aliphatic heterocycles. The maximum atomic E-state index is 11.8. The molecule has 0 aliphatic carbocycles. The molecule has 0 aromatic carbocycles. The molecule has 0 saturated carbocycles. The van der Waals surface area contributed by atoms with Crippen LogP contribution in [-0.4, -0.2) is 28.3 Å². The Morgan fingerprint density at radius 2 is 2.38 bits per heavy atom. The highest BCUT2D eigenvalue weighted by Gasteiger charge is 2.28. The van der Waals surface area contributed by atoms with E-state index in [0.29, 0.717) is 5.13 Å². The molecular weight excluding hydrogens is 226 g/mol. The zero-order chi connectivity index (χ0) is 11.5. The van der Waals surface area contributed by atoms with Crippen LogP contribution in [0.3, 0.4) is 0 Å². The van der Waals surface area contributed by atoms with Gasteiger partial charge in [0.05, 0.1) is 6.10 Å². The number of hydrogen-bond donors (Lipinski definition) is 1. The lowest BCUT2D eigenvalue weighted by Gasteiger charge is -2.09. The van der Waals surface area contributed by atoms with Crippen molar-refractivity contribution in [3.8, 4) is 0 Å². The lowest BCUT2D eigenvalue weighted by molar-refractivity contribution is -0.126. The number of anilines is 1. The Bertz CT molecular complexity index is 380. The van der Waals surface area contributed by atoms with Crippen molar-refractivity contribution in [2.75, 3.05) is 5.32 Å². The molecule has 1 aromatic rings. The van der Waals surface area contributed by atoms with E-state index in [2.05, 4.69) is 15.5 Å². The van der Waals surface area contributed by atoms with Gasteiger partial charge in [-0.2, -0.15) is 0 Å². The van der Waals surface area contributed by atoms with Crippen LogP contribution in [0.5, 0.6) is 0 Å². The SMILES string of the molecule is CCc1nnc(NC(=O)[C@@H]2CC[C@H](C)O2)s1. The van der Waals surface area contributed by atoms with Crippen molar-refractivity contribution >= 4 is 22.4 Å². The molecular formula is C10H15N3O2S. The molecule has 0 radical (unpaired) electrons. The maximum Gasteiger partial charge on any atom is 0.255 e. The van der Waals surface area contributed by atoms with Crippen LogP contribution in [0.15, 0.2) is 0 Å². The van der Waals surface area contributed by atoms with E-state index in [-0.39, 0.29) is 18.1 Å². The molecule has 16 heavy (non-hydrogen) atoms. The first-order chi connectivity index (χ1) is 7.69. The van der Waals surface area contributed by atoms with Crippen LogP contribution >= 0.6 is 11.3 Å². The minimum Gasteiger partial charge on any atom is -0.365 e. The molecule has 1 aromatic heterocycles. The minimum atomic E-state index is -0.330. The summed E-state index contributed by atoms with van der Waals surface area (Å²) < 4.78 is 5.47. The summed E-state index contributed by atoms with van der Waals surface area (Å²) in [7, 11) is 0. The van der Waals surface area contributed by atoms with Crippen LogP contribution in [0, 0.1) is 0 Å². The average molecular weight is 241 g/mol. The first-order valence-corrected chi connectivity index (χ1v) is 6.29. The van der Waals surface area contributed by atoms with Gasteiger partial charge in [0.1, 0.15) is 11.1 Å². The molecule has 0 spiro atoms. The number of hydrogen-bond acceptors (Lipinski definition) is 5. The Morgan fingerprint density at radius 1 is 1.56 bits per heavy atom. The largest absolute Gasteiger partial charge is 0.365 e. The van der Waals surface area contributed by atoms with Gasteiger partial charge in [-0.3, -0.25) is 10.1 Å². The van der Waals surface area contributed by atoms with Gasteiger partial charge in [0, 0.05) is 0 Å². The standard InChI is InChI=1S/C10H15N3O2S/c1-3-8-12-13-10(16-8)11-9(14)7-5-4-6(2)15-7/h6-7H,3-5H2,1-2H3,(H,11,13,14)/t6-,7-/m0/s1. The Hall–Kier alpha value is -1.01. The van der Waals surface area contributed by atoms with Crippen molar-refractivity contribution in [1.29, 1.82) is 0 Å². The fourth-order valence-electron chi connectivity index (χ4n) is 1.63. The molecule has 2 atom stereocenters. The van der Waals surface area contributed by atoms with Gasteiger partial charge in [-0.15, -0.1) is 10.2 Å². The summed E-state index contributed by atoms with van der Waals surface area (Å²) in [5.41, 5.74) is 0.